The van der Waals surface area contributed by atoms with Crippen molar-refractivity contribution in [2.75, 3.05) is 0 Å². The minimum absolute atomic E-state index is 0.00248. The molecule has 1 aromatic carbocycles. The van der Waals surface area contributed by atoms with Crippen molar-refractivity contribution in [2.24, 2.45) is 5.92 Å². The fraction of sp³-hybridized carbons (Fsp3) is 0.269. The summed E-state index contributed by atoms with van der Waals surface area (Å²) in [4.78, 5) is 36.6. The van der Waals surface area contributed by atoms with Crippen molar-refractivity contribution in [3.05, 3.63) is 103 Å². The van der Waals surface area contributed by atoms with Gasteiger partial charge < -0.3 is 0 Å². The molecule has 36 heavy (non-hydrogen) atoms. The Morgan fingerprint density at radius 3 is 2.25 bits per heavy atom. The van der Waals surface area contributed by atoms with Gasteiger partial charge in [0.05, 0.1) is 17.7 Å². The van der Waals surface area contributed by atoms with Gasteiger partial charge in [-0.3, -0.25) is 28.7 Å². The number of rotatable bonds is 7. The highest BCUT2D eigenvalue weighted by Crippen LogP contribution is 2.32. The van der Waals surface area contributed by atoms with Crippen LogP contribution in [0.15, 0.2) is 70.5 Å². The molecule has 0 aliphatic heterocycles. The van der Waals surface area contributed by atoms with E-state index in [-0.39, 0.29) is 36.8 Å². The predicted molar refractivity (Wildman–Crippen MR) is 134 cm³/mol. The smallest absolute Gasteiger partial charge is 0.287 e. The Hall–Kier alpha value is -4.34. The van der Waals surface area contributed by atoms with E-state index in [1.54, 1.807) is 25.1 Å². The first-order valence-corrected chi connectivity index (χ1v) is 11.6. The van der Waals surface area contributed by atoms with Crippen LogP contribution in [0.5, 0.6) is 0 Å². The quantitative estimate of drug-likeness (QED) is 0.249. The Kier molecular flexibility index (Phi) is 6.96. The molecule has 0 amide bonds. The lowest BCUT2D eigenvalue weighted by Gasteiger charge is -2.16. The summed E-state index contributed by atoms with van der Waals surface area (Å²) in [5.41, 5.74) is 1.16. The van der Waals surface area contributed by atoms with E-state index in [2.05, 4.69) is 29.4 Å². The predicted octanol–water partition coefficient (Wildman–Crippen LogP) is 4.31. The van der Waals surface area contributed by atoms with Crippen molar-refractivity contribution in [1.82, 2.24) is 18.9 Å². The van der Waals surface area contributed by atoms with E-state index < -0.39 is 27.7 Å². The third kappa shape index (κ3) is 5.02. The Labute approximate surface area is 206 Å². The van der Waals surface area contributed by atoms with Gasteiger partial charge in [-0.15, -0.1) is 0 Å². The summed E-state index contributed by atoms with van der Waals surface area (Å²) in [6.45, 7) is 5.62. The second kappa shape index (κ2) is 10.1. The van der Waals surface area contributed by atoms with E-state index in [1.807, 2.05) is 13.8 Å². The molecule has 0 unspecified atom stereocenters. The summed E-state index contributed by atoms with van der Waals surface area (Å²) < 4.78 is 17.5. The Morgan fingerprint density at radius 2 is 1.72 bits per heavy atom. The van der Waals surface area contributed by atoms with Crippen LogP contribution >= 0.6 is 0 Å². The van der Waals surface area contributed by atoms with Gasteiger partial charge in [-0.1, -0.05) is 50.2 Å². The van der Waals surface area contributed by atoms with Crippen LogP contribution in [0.3, 0.4) is 0 Å². The van der Waals surface area contributed by atoms with Crippen molar-refractivity contribution < 1.29 is 9.31 Å². The van der Waals surface area contributed by atoms with Crippen molar-refractivity contribution in [3.63, 3.8) is 0 Å². The lowest BCUT2D eigenvalue weighted by atomic mass is 10.1. The molecule has 3 aromatic rings. The van der Waals surface area contributed by atoms with Crippen molar-refractivity contribution in [3.8, 4) is 22.4 Å². The van der Waals surface area contributed by atoms with Crippen molar-refractivity contribution in [1.29, 1.82) is 0 Å². The second-order valence-corrected chi connectivity index (χ2v) is 8.89. The molecule has 0 bridgehead atoms. The number of nitro groups is 1. The molecule has 0 atom stereocenters. The largest absolute Gasteiger partial charge is 0.358 e. The summed E-state index contributed by atoms with van der Waals surface area (Å²) in [5.74, 6) is -0.403. The zero-order chi connectivity index (χ0) is 26.0. The minimum atomic E-state index is -0.954. The molecule has 2 heterocycles. The fourth-order valence-electron chi connectivity index (χ4n) is 4.00. The maximum Gasteiger partial charge on any atom is 0.358 e. The van der Waals surface area contributed by atoms with E-state index in [1.165, 1.54) is 38.8 Å². The van der Waals surface area contributed by atoms with Crippen LogP contribution in [0.25, 0.3) is 22.4 Å². The van der Waals surface area contributed by atoms with Gasteiger partial charge in [0.1, 0.15) is 11.5 Å². The lowest BCUT2D eigenvalue weighted by molar-refractivity contribution is -0.386. The number of fused-ring (bicyclic) bond motifs is 1. The molecule has 2 aliphatic rings. The normalized spacial score (nSPS) is 11.2. The van der Waals surface area contributed by atoms with Gasteiger partial charge in [0.25, 0.3) is 0 Å². The topological polar surface area (TPSA) is 105 Å². The van der Waals surface area contributed by atoms with Crippen LogP contribution < -0.4 is 11.2 Å². The van der Waals surface area contributed by atoms with Gasteiger partial charge >= 0.3 is 16.9 Å². The standard InChI is InChI=1S/C20H22FN5O4.C6H4/c1-4-24-19(27)18(26(29)30)17(25(20(24)28)10-13(2)3)15-9-22-23(12-15)11-14-7-5-6-8-16(14)21;1-2-5-4-6(5)3-1/h5-9,12-13H,4,10-11H2,1-3H3;1-4H. The van der Waals surface area contributed by atoms with E-state index >= 15 is 0 Å². The Bertz CT molecular complexity index is 1530. The first-order chi connectivity index (χ1) is 17.2. The molecule has 0 saturated carbocycles. The van der Waals surface area contributed by atoms with Gasteiger partial charge in [-0.05, 0) is 36.1 Å². The highest BCUT2D eigenvalue weighted by molar-refractivity contribution is 5.80. The average molecular weight is 492 g/mol. The highest BCUT2D eigenvalue weighted by atomic mass is 19.1. The summed E-state index contributed by atoms with van der Waals surface area (Å²) in [7, 11) is 0. The number of benzene rings is 2. The fourth-order valence-corrected chi connectivity index (χ4v) is 4.00. The van der Waals surface area contributed by atoms with Crippen LogP contribution in [-0.4, -0.2) is 23.8 Å². The SMILES string of the molecule is CCn1c(=O)c([N+](=O)[O-])c(-c2cnn(Cc3ccccc3F)c2)n(CC(C)C)c1=O.c1cc2cc-2c1. The average Bonchev–Trinajstić information content (AvgIpc) is 3.19. The van der Waals surface area contributed by atoms with Gasteiger partial charge in [0, 0.05) is 30.4 Å². The van der Waals surface area contributed by atoms with Crippen molar-refractivity contribution >= 4 is 5.69 Å². The molecule has 2 aromatic heterocycles. The van der Waals surface area contributed by atoms with Crippen LogP contribution in [0.2, 0.25) is 0 Å². The van der Waals surface area contributed by atoms with Gasteiger partial charge in [-0.2, -0.15) is 5.10 Å². The Balaban J connectivity index is 0.000000434. The molecule has 5 rings (SSSR count). The molecule has 9 nitrogen and oxygen atoms in total. The second-order valence-electron chi connectivity index (χ2n) is 8.89. The summed E-state index contributed by atoms with van der Waals surface area (Å²) >= 11 is 0. The molecule has 0 N–H and O–H groups in total. The molecule has 2 aliphatic carbocycles. The summed E-state index contributed by atoms with van der Waals surface area (Å²) in [6, 6.07) is 14.7. The van der Waals surface area contributed by atoms with Crippen molar-refractivity contribution in [2.45, 2.75) is 40.4 Å². The molecule has 186 valence electrons. The van der Waals surface area contributed by atoms with Crippen LogP contribution in [0.4, 0.5) is 10.1 Å². The Morgan fingerprint density at radius 1 is 1.03 bits per heavy atom. The zero-order valence-electron chi connectivity index (χ0n) is 20.2. The monoisotopic (exact) mass is 491 g/mol. The number of hydrogen-bond donors (Lipinski definition) is 0. The lowest BCUT2D eigenvalue weighted by Crippen LogP contribution is -2.42. The molecule has 10 heteroatoms. The van der Waals surface area contributed by atoms with E-state index in [0.29, 0.717) is 5.56 Å². The number of aromatic nitrogens is 4. The zero-order valence-corrected chi connectivity index (χ0v) is 20.2. The van der Waals surface area contributed by atoms with Gasteiger partial charge in [0.2, 0.25) is 0 Å². The molecular weight excluding hydrogens is 465 g/mol. The van der Waals surface area contributed by atoms with Gasteiger partial charge in [0.15, 0.2) is 0 Å². The number of hydrogen-bond acceptors (Lipinski definition) is 5. The third-order valence-corrected chi connectivity index (χ3v) is 5.76. The van der Waals surface area contributed by atoms with Crippen LogP contribution in [0, 0.1) is 21.8 Å². The van der Waals surface area contributed by atoms with E-state index in [9.17, 15) is 24.1 Å². The summed E-state index contributed by atoms with van der Waals surface area (Å²) in [6.07, 6.45) is 2.82. The maximum atomic E-state index is 14.0. The first kappa shape index (κ1) is 24.8. The molecule has 0 fully saturated rings. The van der Waals surface area contributed by atoms with Gasteiger partial charge in [-0.25, -0.2) is 9.18 Å². The van der Waals surface area contributed by atoms with E-state index in [0.717, 1.165) is 4.57 Å². The first-order valence-electron chi connectivity index (χ1n) is 11.6. The molecule has 0 saturated heterocycles. The highest BCUT2D eigenvalue weighted by Gasteiger charge is 2.29. The third-order valence-electron chi connectivity index (χ3n) is 5.76. The van der Waals surface area contributed by atoms with Crippen LogP contribution in [-0.2, 0) is 19.6 Å². The summed E-state index contributed by atoms with van der Waals surface area (Å²) in [5, 5.41) is 15.9. The minimum Gasteiger partial charge on any atom is -0.287 e. The molecular formula is C26H26FN5O4. The number of nitrogens with zero attached hydrogens (tertiary/aromatic N) is 5. The van der Waals surface area contributed by atoms with Crippen LogP contribution in [0.1, 0.15) is 26.3 Å². The molecule has 0 radical (unpaired) electrons. The maximum absolute atomic E-state index is 14.0. The van der Waals surface area contributed by atoms with E-state index in [4.69, 9.17) is 0 Å². The number of halogens is 1. The molecule has 0 spiro atoms.